The lowest BCUT2D eigenvalue weighted by Crippen LogP contribution is -2.25. The number of methoxy groups -OCH3 is 1. The summed E-state index contributed by atoms with van der Waals surface area (Å²) in [6.45, 7) is 5.97. The molecule has 0 unspecified atom stereocenters. The van der Waals surface area contributed by atoms with E-state index in [0.717, 1.165) is 0 Å². The minimum atomic E-state index is -0.758. The van der Waals surface area contributed by atoms with Gasteiger partial charge in [0.2, 0.25) is 0 Å². The average Bonchev–Trinajstić information content (AvgIpc) is 2.30. The molecule has 1 atom stereocenters. The van der Waals surface area contributed by atoms with E-state index in [4.69, 9.17) is 9.47 Å². The van der Waals surface area contributed by atoms with Crippen LogP contribution in [0.5, 0.6) is 5.75 Å². The van der Waals surface area contributed by atoms with Crippen LogP contribution in [0.25, 0.3) is 0 Å². The molecule has 0 spiro atoms. The van der Waals surface area contributed by atoms with E-state index in [9.17, 15) is 9.50 Å². The Hall–Kier alpha value is -1.13. The molecule has 0 amide bonds. The zero-order valence-corrected chi connectivity index (χ0v) is 11.4. The van der Waals surface area contributed by atoms with Gasteiger partial charge in [-0.25, -0.2) is 4.39 Å². The minimum Gasteiger partial charge on any atom is -0.493 e. The van der Waals surface area contributed by atoms with Gasteiger partial charge >= 0.3 is 0 Å². The highest BCUT2D eigenvalue weighted by Gasteiger charge is 2.17. The molecule has 3 nitrogen and oxygen atoms in total. The summed E-state index contributed by atoms with van der Waals surface area (Å²) in [5.74, 6) is 0.133. The second kappa shape index (κ2) is 6.16. The van der Waals surface area contributed by atoms with Crippen molar-refractivity contribution in [1.82, 2.24) is 0 Å². The summed E-state index contributed by atoms with van der Waals surface area (Å²) in [5.41, 5.74) is 0.204. The van der Waals surface area contributed by atoms with Gasteiger partial charge in [0.15, 0.2) is 0 Å². The fourth-order valence-electron chi connectivity index (χ4n) is 1.49. The maximum absolute atomic E-state index is 13.1. The molecule has 0 radical (unpaired) electrons. The van der Waals surface area contributed by atoms with Crippen LogP contribution in [0.1, 0.15) is 38.9 Å². The first-order valence-electron chi connectivity index (χ1n) is 6.01. The molecule has 0 fully saturated rings. The van der Waals surface area contributed by atoms with Crippen LogP contribution in [-0.4, -0.2) is 24.4 Å². The van der Waals surface area contributed by atoms with Crippen molar-refractivity contribution in [3.63, 3.8) is 0 Å². The normalized spacial score (nSPS) is 13.4. The highest BCUT2D eigenvalue weighted by atomic mass is 19.1. The summed E-state index contributed by atoms with van der Waals surface area (Å²) in [4.78, 5) is 0. The Labute approximate surface area is 108 Å². The molecule has 0 heterocycles. The third-order valence-corrected chi connectivity index (χ3v) is 2.94. The van der Waals surface area contributed by atoms with Crippen LogP contribution in [0.15, 0.2) is 18.2 Å². The number of hydrogen-bond donors (Lipinski definition) is 1. The largest absolute Gasteiger partial charge is 0.493 e. The Morgan fingerprint density at radius 1 is 1.39 bits per heavy atom. The molecule has 102 valence electrons. The molecule has 18 heavy (non-hydrogen) atoms. The predicted molar refractivity (Wildman–Crippen MR) is 68.2 cm³/mol. The van der Waals surface area contributed by atoms with E-state index in [0.29, 0.717) is 24.3 Å². The van der Waals surface area contributed by atoms with Crippen molar-refractivity contribution in [3.8, 4) is 5.75 Å². The maximum Gasteiger partial charge on any atom is 0.125 e. The van der Waals surface area contributed by atoms with Crippen molar-refractivity contribution in [3.05, 3.63) is 29.6 Å². The zero-order chi connectivity index (χ0) is 13.8. The first-order chi connectivity index (χ1) is 8.35. The third-order valence-electron chi connectivity index (χ3n) is 2.94. The fourth-order valence-corrected chi connectivity index (χ4v) is 1.49. The van der Waals surface area contributed by atoms with Gasteiger partial charge in [0.05, 0.1) is 18.3 Å². The van der Waals surface area contributed by atoms with Gasteiger partial charge < -0.3 is 14.6 Å². The van der Waals surface area contributed by atoms with Gasteiger partial charge in [-0.3, -0.25) is 0 Å². The Balaban J connectivity index is 2.67. The summed E-state index contributed by atoms with van der Waals surface area (Å²) in [6, 6.07) is 4.15. The predicted octanol–water partition coefficient (Wildman–Crippen LogP) is 3.07. The molecule has 1 rings (SSSR count). The fraction of sp³-hybridized carbons (Fsp3) is 0.571. The molecule has 0 saturated heterocycles. The highest BCUT2D eigenvalue weighted by molar-refractivity contribution is 5.35. The second-order valence-corrected chi connectivity index (χ2v) is 4.92. The molecule has 0 saturated carbocycles. The van der Waals surface area contributed by atoms with Gasteiger partial charge in [-0.05, 0) is 39.0 Å². The summed E-state index contributed by atoms with van der Waals surface area (Å²) in [7, 11) is 1.65. The molecule has 0 aliphatic carbocycles. The van der Waals surface area contributed by atoms with Crippen LogP contribution < -0.4 is 4.74 Å². The molecule has 1 aromatic rings. The van der Waals surface area contributed by atoms with Gasteiger partial charge in [0.25, 0.3) is 0 Å². The zero-order valence-electron chi connectivity index (χ0n) is 11.4. The summed E-state index contributed by atoms with van der Waals surface area (Å²) in [6.07, 6.45) is -0.0497. The lowest BCUT2D eigenvalue weighted by atomic mass is 10.1. The van der Waals surface area contributed by atoms with Gasteiger partial charge in [0.1, 0.15) is 11.6 Å². The standard InChI is InChI=1S/C14H21FO3/c1-10(16)12-9-11(15)5-6-13(12)18-8-7-14(2,3)17-4/h5-6,9-10,16H,7-8H2,1-4H3/t10-/m0/s1. The van der Waals surface area contributed by atoms with E-state index >= 15 is 0 Å². The molecular weight excluding hydrogens is 235 g/mol. The van der Waals surface area contributed by atoms with Crippen LogP contribution in [0.4, 0.5) is 4.39 Å². The number of aliphatic hydroxyl groups excluding tert-OH is 1. The van der Waals surface area contributed by atoms with E-state index < -0.39 is 6.10 Å². The highest BCUT2D eigenvalue weighted by Crippen LogP contribution is 2.26. The van der Waals surface area contributed by atoms with Gasteiger partial charge in [-0.2, -0.15) is 0 Å². The van der Waals surface area contributed by atoms with E-state index in [1.54, 1.807) is 14.0 Å². The van der Waals surface area contributed by atoms with Crippen molar-refractivity contribution in [2.24, 2.45) is 0 Å². The molecule has 0 bridgehead atoms. The third kappa shape index (κ3) is 4.27. The Morgan fingerprint density at radius 2 is 2.06 bits per heavy atom. The monoisotopic (exact) mass is 256 g/mol. The van der Waals surface area contributed by atoms with E-state index in [1.807, 2.05) is 13.8 Å². The molecule has 0 aromatic heterocycles. The molecule has 1 N–H and O–H groups in total. The van der Waals surface area contributed by atoms with Crippen LogP contribution in [0.2, 0.25) is 0 Å². The molecule has 0 aliphatic heterocycles. The number of ether oxygens (including phenoxy) is 2. The topological polar surface area (TPSA) is 38.7 Å². The number of halogens is 1. The smallest absolute Gasteiger partial charge is 0.125 e. The van der Waals surface area contributed by atoms with Gasteiger partial charge in [0, 0.05) is 19.1 Å². The first-order valence-corrected chi connectivity index (χ1v) is 6.01. The average molecular weight is 256 g/mol. The van der Waals surface area contributed by atoms with E-state index in [-0.39, 0.29) is 11.4 Å². The maximum atomic E-state index is 13.1. The van der Waals surface area contributed by atoms with Gasteiger partial charge in [-0.15, -0.1) is 0 Å². The van der Waals surface area contributed by atoms with Crippen molar-refractivity contribution >= 4 is 0 Å². The van der Waals surface area contributed by atoms with Crippen LogP contribution in [0.3, 0.4) is 0 Å². The molecular formula is C14H21FO3. The van der Waals surface area contributed by atoms with Gasteiger partial charge in [-0.1, -0.05) is 0 Å². The first kappa shape index (κ1) is 14.9. The number of hydrogen-bond acceptors (Lipinski definition) is 3. The van der Waals surface area contributed by atoms with Crippen molar-refractivity contribution in [2.75, 3.05) is 13.7 Å². The Bertz CT molecular complexity index is 389. The van der Waals surface area contributed by atoms with Crippen molar-refractivity contribution in [2.45, 2.75) is 38.9 Å². The number of aliphatic hydroxyl groups is 1. The van der Waals surface area contributed by atoms with Crippen LogP contribution >= 0.6 is 0 Å². The van der Waals surface area contributed by atoms with E-state index in [1.165, 1.54) is 18.2 Å². The number of benzene rings is 1. The summed E-state index contributed by atoms with van der Waals surface area (Å²) < 4.78 is 24.0. The SMILES string of the molecule is COC(C)(C)CCOc1ccc(F)cc1[C@H](C)O. The Morgan fingerprint density at radius 3 is 2.61 bits per heavy atom. The van der Waals surface area contributed by atoms with Crippen molar-refractivity contribution in [1.29, 1.82) is 0 Å². The summed E-state index contributed by atoms with van der Waals surface area (Å²) >= 11 is 0. The van der Waals surface area contributed by atoms with Crippen LogP contribution in [0, 0.1) is 5.82 Å². The quantitative estimate of drug-likeness (QED) is 0.850. The second-order valence-electron chi connectivity index (χ2n) is 4.92. The molecule has 1 aromatic carbocycles. The van der Waals surface area contributed by atoms with Crippen molar-refractivity contribution < 1.29 is 19.0 Å². The molecule has 0 aliphatic rings. The van der Waals surface area contributed by atoms with Crippen LogP contribution in [-0.2, 0) is 4.74 Å². The summed E-state index contributed by atoms with van der Waals surface area (Å²) in [5, 5.41) is 9.56. The van der Waals surface area contributed by atoms with E-state index in [2.05, 4.69) is 0 Å². The molecule has 4 heteroatoms. The number of rotatable bonds is 6. The Kier molecular flexibility index (Phi) is 5.11. The lowest BCUT2D eigenvalue weighted by Gasteiger charge is -2.23. The minimum absolute atomic E-state index is 0.259. The lowest BCUT2D eigenvalue weighted by molar-refractivity contribution is 0.00521.